The van der Waals surface area contributed by atoms with Crippen LogP contribution in [0.25, 0.3) is 11.1 Å². The third-order valence-electron chi connectivity index (χ3n) is 4.18. The molecule has 28 heavy (non-hydrogen) atoms. The van der Waals surface area contributed by atoms with Crippen molar-refractivity contribution in [3.05, 3.63) is 81.5 Å². The fourth-order valence-electron chi connectivity index (χ4n) is 2.86. The van der Waals surface area contributed by atoms with E-state index in [1.165, 1.54) is 6.07 Å². The Morgan fingerprint density at radius 2 is 1.89 bits per heavy atom. The number of ether oxygens (including phenoxy) is 2. The molecule has 0 atom stereocenters. The van der Waals surface area contributed by atoms with Crippen LogP contribution in [0.5, 0.6) is 11.5 Å². The number of hydrogen-bond acceptors (Lipinski definition) is 4. The number of aryl methyl sites for hydroxylation is 1. The van der Waals surface area contributed by atoms with E-state index in [0.717, 1.165) is 0 Å². The first kappa shape index (κ1) is 19.2. The van der Waals surface area contributed by atoms with Crippen LogP contribution in [0.15, 0.2) is 53.3 Å². The largest absolute Gasteiger partial charge is 0.490 e. The molecule has 5 nitrogen and oxygen atoms in total. The maximum Gasteiger partial charge on any atom is 0.266 e. The summed E-state index contributed by atoms with van der Waals surface area (Å²) < 4.78 is 25.2. The smallest absolute Gasteiger partial charge is 0.266 e. The molecule has 6 heteroatoms. The highest BCUT2D eigenvalue weighted by molar-refractivity contribution is 5.72. The summed E-state index contributed by atoms with van der Waals surface area (Å²) in [6, 6.07) is 15.2. The van der Waals surface area contributed by atoms with Gasteiger partial charge in [-0.1, -0.05) is 24.3 Å². The lowest BCUT2D eigenvalue weighted by Gasteiger charge is -2.14. The molecule has 0 spiro atoms. The highest BCUT2D eigenvalue weighted by Gasteiger charge is 2.14. The molecule has 3 rings (SSSR count). The second kappa shape index (κ2) is 8.40. The monoisotopic (exact) mass is 378 g/mol. The number of nitriles is 1. The predicted octanol–water partition coefficient (Wildman–Crippen LogP) is 4.34. The first-order chi connectivity index (χ1) is 13.5. The first-order valence-electron chi connectivity index (χ1n) is 8.81. The van der Waals surface area contributed by atoms with Crippen LogP contribution >= 0.6 is 0 Å². The minimum Gasteiger partial charge on any atom is -0.490 e. The lowest BCUT2D eigenvalue weighted by molar-refractivity contribution is 0.266. The second-order valence-electron chi connectivity index (χ2n) is 6.16. The van der Waals surface area contributed by atoms with Gasteiger partial charge in [-0.3, -0.25) is 4.79 Å². The van der Waals surface area contributed by atoms with E-state index in [9.17, 15) is 14.4 Å². The number of aromatic amines is 1. The zero-order valence-electron chi connectivity index (χ0n) is 15.6. The first-order valence-corrected chi connectivity index (χ1v) is 8.81. The van der Waals surface area contributed by atoms with Gasteiger partial charge in [-0.15, -0.1) is 0 Å². The minimum atomic E-state index is -0.435. The fraction of sp³-hybridized carbons (Fsp3) is 0.182. The maximum absolute atomic E-state index is 13.8. The Morgan fingerprint density at radius 1 is 1.11 bits per heavy atom. The van der Waals surface area contributed by atoms with Gasteiger partial charge in [0.1, 0.15) is 24.1 Å². The molecular weight excluding hydrogens is 359 g/mol. The lowest BCUT2D eigenvalue weighted by Crippen LogP contribution is -2.12. The van der Waals surface area contributed by atoms with Gasteiger partial charge in [0.15, 0.2) is 11.5 Å². The minimum absolute atomic E-state index is 0.0353. The molecule has 1 N–H and O–H groups in total. The average Bonchev–Trinajstić information content (AvgIpc) is 2.68. The van der Waals surface area contributed by atoms with Gasteiger partial charge < -0.3 is 14.5 Å². The van der Waals surface area contributed by atoms with Gasteiger partial charge in [-0.05, 0) is 43.7 Å². The molecule has 1 aromatic heterocycles. The number of halogens is 1. The molecule has 142 valence electrons. The third-order valence-corrected chi connectivity index (χ3v) is 4.18. The number of pyridine rings is 1. The standard InChI is InChI=1S/C22H19FN2O3/c1-3-27-21-11-15(17-10-14(2)25-22(26)18(17)12-24)8-9-20(21)28-13-16-6-4-5-7-19(16)23/h4-11H,3,13H2,1-2H3,(H,25,26). The van der Waals surface area contributed by atoms with Crippen LogP contribution in [-0.4, -0.2) is 11.6 Å². The highest BCUT2D eigenvalue weighted by Crippen LogP contribution is 2.34. The third kappa shape index (κ3) is 4.04. The van der Waals surface area contributed by atoms with Crippen LogP contribution in [0, 0.1) is 24.1 Å². The predicted molar refractivity (Wildman–Crippen MR) is 104 cm³/mol. The molecule has 0 amide bonds. The summed E-state index contributed by atoms with van der Waals surface area (Å²) in [5, 5.41) is 9.35. The Labute approximate surface area is 162 Å². The van der Waals surface area contributed by atoms with E-state index in [0.29, 0.717) is 40.5 Å². The molecule has 0 bridgehead atoms. The van der Waals surface area contributed by atoms with E-state index < -0.39 is 5.56 Å². The summed E-state index contributed by atoms with van der Waals surface area (Å²) in [5.41, 5.74) is 1.86. The SMILES string of the molecule is CCOc1cc(-c2cc(C)[nH]c(=O)c2C#N)ccc1OCc1ccccc1F. The molecule has 0 aliphatic carbocycles. The molecule has 0 saturated carbocycles. The summed E-state index contributed by atoms with van der Waals surface area (Å²) in [5.74, 6) is 0.571. The van der Waals surface area contributed by atoms with Crippen LogP contribution in [-0.2, 0) is 6.61 Å². The van der Waals surface area contributed by atoms with Crippen molar-refractivity contribution < 1.29 is 13.9 Å². The zero-order chi connectivity index (χ0) is 20.1. The molecule has 0 aliphatic heterocycles. The van der Waals surface area contributed by atoms with Crippen molar-refractivity contribution in [2.24, 2.45) is 0 Å². The van der Waals surface area contributed by atoms with Gasteiger partial charge in [-0.25, -0.2) is 4.39 Å². The van der Waals surface area contributed by atoms with Crippen molar-refractivity contribution in [2.45, 2.75) is 20.5 Å². The number of aromatic nitrogens is 1. The average molecular weight is 378 g/mol. The van der Waals surface area contributed by atoms with Gasteiger partial charge in [0.05, 0.1) is 6.61 Å². The van der Waals surface area contributed by atoms with Crippen LogP contribution in [0.2, 0.25) is 0 Å². The molecular formula is C22H19FN2O3. The van der Waals surface area contributed by atoms with E-state index in [4.69, 9.17) is 9.47 Å². The summed E-state index contributed by atoms with van der Waals surface area (Å²) in [6.07, 6.45) is 0. The number of rotatable bonds is 6. The van der Waals surface area contributed by atoms with Crippen LogP contribution < -0.4 is 15.0 Å². The molecule has 0 radical (unpaired) electrons. The molecule has 0 unspecified atom stereocenters. The number of hydrogen-bond donors (Lipinski definition) is 1. The molecule has 3 aromatic rings. The van der Waals surface area contributed by atoms with Crippen LogP contribution in [0.4, 0.5) is 4.39 Å². The molecule has 1 heterocycles. The summed E-state index contributed by atoms with van der Waals surface area (Å²) >= 11 is 0. The fourth-order valence-corrected chi connectivity index (χ4v) is 2.86. The molecule has 0 saturated heterocycles. The normalized spacial score (nSPS) is 10.4. The molecule has 0 fully saturated rings. The Morgan fingerprint density at radius 3 is 2.61 bits per heavy atom. The summed E-state index contributed by atoms with van der Waals surface area (Å²) in [7, 11) is 0. The Kier molecular flexibility index (Phi) is 5.75. The lowest BCUT2D eigenvalue weighted by atomic mass is 10.0. The van der Waals surface area contributed by atoms with E-state index >= 15 is 0 Å². The van der Waals surface area contributed by atoms with E-state index in [1.807, 2.05) is 13.0 Å². The van der Waals surface area contributed by atoms with Gasteiger partial charge in [-0.2, -0.15) is 5.26 Å². The summed E-state index contributed by atoms with van der Waals surface area (Å²) in [4.78, 5) is 14.7. The van der Waals surface area contributed by atoms with Crippen molar-refractivity contribution in [1.82, 2.24) is 4.98 Å². The van der Waals surface area contributed by atoms with Gasteiger partial charge >= 0.3 is 0 Å². The van der Waals surface area contributed by atoms with Crippen molar-refractivity contribution in [1.29, 1.82) is 5.26 Å². The van der Waals surface area contributed by atoms with Crippen molar-refractivity contribution in [2.75, 3.05) is 6.61 Å². The van der Waals surface area contributed by atoms with Crippen molar-refractivity contribution >= 4 is 0 Å². The number of H-pyrrole nitrogens is 1. The van der Waals surface area contributed by atoms with Gasteiger partial charge in [0, 0.05) is 16.8 Å². The van der Waals surface area contributed by atoms with Gasteiger partial charge in [0.25, 0.3) is 5.56 Å². The zero-order valence-corrected chi connectivity index (χ0v) is 15.6. The van der Waals surface area contributed by atoms with E-state index in [1.54, 1.807) is 49.4 Å². The maximum atomic E-state index is 13.8. The quantitative estimate of drug-likeness (QED) is 0.692. The van der Waals surface area contributed by atoms with Gasteiger partial charge in [0.2, 0.25) is 0 Å². The highest BCUT2D eigenvalue weighted by atomic mass is 19.1. The number of benzene rings is 2. The van der Waals surface area contributed by atoms with Crippen molar-refractivity contribution in [3.63, 3.8) is 0 Å². The van der Waals surface area contributed by atoms with E-state index in [-0.39, 0.29) is 18.0 Å². The Balaban J connectivity index is 1.97. The van der Waals surface area contributed by atoms with Crippen LogP contribution in [0.3, 0.4) is 0 Å². The summed E-state index contributed by atoms with van der Waals surface area (Å²) in [6.45, 7) is 4.05. The second-order valence-corrected chi connectivity index (χ2v) is 6.16. The topological polar surface area (TPSA) is 75.1 Å². The molecule has 2 aromatic carbocycles. The number of nitrogens with zero attached hydrogens (tertiary/aromatic N) is 1. The van der Waals surface area contributed by atoms with E-state index in [2.05, 4.69) is 4.98 Å². The van der Waals surface area contributed by atoms with Crippen molar-refractivity contribution in [3.8, 4) is 28.7 Å². The Bertz CT molecular complexity index is 1100. The Hall–Kier alpha value is -3.59. The molecule has 0 aliphatic rings. The van der Waals surface area contributed by atoms with Crippen LogP contribution in [0.1, 0.15) is 23.7 Å². The number of nitrogens with one attached hydrogen (secondary N) is 1.